The van der Waals surface area contributed by atoms with Crippen molar-refractivity contribution in [1.29, 1.82) is 0 Å². The van der Waals surface area contributed by atoms with E-state index < -0.39 is 60.8 Å². The Morgan fingerprint density at radius 1 is 0.920 bits per heavy atom. The summed E-state index contributed by atoms with van der Waals surface area (Å²) in [4.78, 5) is 45.1. The van der Waals surface area contributed by atoms with E-state index in [4.69, 9.17) is 29.4 Å². The number of nitrogens with two attached hydrogens (primary N) is 1. The highest BCUT2D eigenvalue weighted by Crippen LogP contribution is 2.31. The molecule has 0 unspecified atom stereocenters. The fourth-order valence-corrected chi connectivity index (χ4v) is 2.31. The molecule has 0 aromatic heterocycles. The van der Waals surface area contributed by atoms with Crippen molar-refractivity contribution in [2.24, 2.45) is 5.73 Å². The van der Waals surface area contributed by atoms with Crippen LogP contribution in [0.15, 0.2) is 0 Å². The summed E-state index contributed by atoms with van der Waals surface area (Å²) in [6, 6.07) is 0. The van der Waals surface area contributed by atoms with Crippen LogP contribution in [0.4, 0.5) is 0 Å². The lowest BCUT2D eigenvalue weighted by atomic mass is 9.96. The molecule has 1 rings (SSSR count). The third-order valence-corrected chi connectivity index (χ3v) is 3.08. The van der Waals surface area contributed by atoms with E-state index in [1.807, 2.05) is 0 Å². The summed E-state index contributed by atoms with van der Waals surface area (Å²) in [5, 5.41) is 10.3. The van der Waals surface area contributed by atoms with Crippen LogP contribution in [-0.2, 0) is 42.9 Å². The monoisotopic (exact) mass is 363 g/mol. The van der Waals surface area contributed by atoms with Crippen molar-refractivity contribution in [3.05, 3.63) is 0 Å². The first-order valence-corrected chi connectivity index (χ1v) is 7.28. The van der Waals surface area contributed by atoms with Gasteiger partial charge in [-0.1, -0.05) is 0 Å². The lowest BCUT2D eigenvalue weighted by Crippen LogP contribution is -2.71. The fourth-order valence-electron chi connectivity index (χ4n) is 2.31. The van der Waals surface area contributed by atoms with Gasteiger partial charge in [0.15, 0.2) is 12.2 Å². The molecule has 0 radical (unpaired) electrons. The molecule has 3 N–H and O–H groups in total. The van der Waals surface area contributed by atoms with Crippen molar-refractivity contribution < 1.29 is 48.0 Å². The molecule has 11 nitrogen and oxygen atoms in total. The SMILES string of the molecule is CC(=O)OC[C@H]1O[C@@](N)(O)[C@H](OC(C)=O)[C@@H](OC(C)=O)[C@H]1OC(C)=O. The molecule has 0 saturated carbocycles. The van der Waals surface area contributed by atoms with Crippen LogP contribution in [0.1, 0.15) is 27.7 Å². The van der Waals surface area contributed by atoms with Crippen molar-refractivity contribution in [1.82, 2.24) is 0 Å². The van der Waals surface area contributed by atoms with Gasteiger partial charge in [0.05, 0.1) is 0 Å². The van der Waals surface area contributed by atoms with Gasteiger partial charge in [0, 0.05) is 27.7 Å². The highest BCUT2D eigenvalue weighted by Gasteiger charge is 2.58. The zero-order valence-electron chi connectivity index (χ0n) is 14.2. The van der Waals surface area contributed by atoms with Crippen LogP contribution in [0.5, 0.6) is 0 Å². The summed E-state index contributed by atoms with van der Waals surface area (Å²) in [6.07, 6.45) is -5.81. The Morgan fingerprint density at radius 2 is 1.40 bits per heavy atom. The van der Waals surface area contributed by atoms with Gasteiger partial charge in [-0.15, -0.1) is 0 Å². The largest absolute Gasteiger partial charge is 0.463 e. The number of hydrogen-bond donors (Lipinski definition) is 2. The molecular formula is C14H21NO10. The summed E-state index contributed by atoms with van der Waals surface area (Å²) >= 11 is 0. The molecule has 0 spiro atoms. The van der Waals surface area contributed by atoms with Gasteiger partial charge in [-0.25, -0.2) is 0 Å². The standard InChI is InChI=1S/C14H21NO10/c1-6(16)21-5-10-11(22-7(2)17)12(23-8(3)18)13(24-9(4)19)14(15,20)25-10/h10-13,20H,5,15H2,1-4H3/t10-,11+,12+,13-,14+/m1/s1. The topological polar surface area (TPSA) is 161 Å². The number of ether oxygens (including phenoxy) is 5. The molecule has 1 fully saturated rings. The van der Waals surface area contributed by atoms with Crippen molar-refractivity contribution in [2.75, 3.05) is 6.61 Å². The number of aliphatic hydroxyl groups is 1. The zero-order chi connectivity index (χ0) is 19.4. The molecule has 0 aliphatic carbocycles. The van der Waals surface area contributed by atoms with Crippen molar-refractivity contribution >= 4 is 23.9 Å². The van der Waals surface area contributed by atoms with Crippen LogP contribution in [0, 0.1) is 0 Å². The maximum absolute atomic E-state index is 11.4. The average molecular weight is 363 g/mol. The third-order valence-electron chi connectivity index (χ3n) is 3.08. The van der Waals surface area contributed by atoms with E-state index in [9.17, 15) is 24.3 Å². The molecule has 1 aliphatic rings. The van der Waals surface area contributed by atoms with Crippen LogP contribution >= 0.6 is 0 Å². The molecule has 0 bridgehead atoms. The number of hydrogen-bond acceptors (Lipinski definition) is 11. The van der Waals surface area contributed by atoms with Crippen LogP contribution in [0.2, 0.25) is 0 Å². The first-order valence-electron chi connectivity index (χ1n) is 7.28. The van der Waals surface area contributed by atoms with E-state index >= 15 is 0 Å². The zero-order valence-corrected chi connectivity index (χ0v) is 14.2. The van der Waals surface area contributed by atoms with Crippen LogP contribution in [0.25, 0.3) is 0 Å². The van der Waals surface area contributed by atoms with E-state index in [2.05, 4.69) is 0 Å². The van der Waals surface area contributed by atoms with Gasteiger partial charge in [0.25, 0.3) is 5.91 Å². The Kier molecular flexibility index (Phi) is 6.85. The fraction of sp³-hybridized carbons (Fsp3) is 0.714. The summed E-state index contributed by atoms with van der Waals surface area (Å²) in [5.74, 6) is -5.70. The van der Waals surface area contributed by atoms with Crippen molar-refractivity contribution in [3.8, 4) is 0 Å². The highest BCUT2D eigenvalue weighted by molar-refractivity contribution is 5.68. The maximum atomic E-state index is 11.4. The van der Waals surface area contributed by atoms with Gasteiger partial charge in [-0.05, 0) is 0 Å². The minimum Gasteiger partial charge on any atom is -0.463 e. The summed E-state index contributed by atoms with van der Waals surface area (Å²) in [5.41, 5.74) is 5.61. The lowest BCUT2D eigenvalue weighted by molar-refractivity contribution is -0.349. The number of carbonyl (C=O) groups is 4. The van der Waals surface area contributed by atoms with E-state index in [0.29, 0.717) is 0 Å². The Morgan fingerprint density at radius 3 is 1.84 bits per heavy atom. The Balaban J connectivity index is 3.24. The highest BCUT2D eigenvalue weighted by atomic mass is 16.7. The quantitative estimate of drug-likeness (QED) is 0.327. The predicted octanol–water partition coefficient (Wildman–Crippen LogP) is -1.65. The number of esters is 4. The van der Waals surface area contributed by atoms with Crippen molar-refractivity contribution in [2.45, 2.75) is 58.0 Å². The van der Waals surface area contributed by atoms with E-state index in [1.54, 1.807) is 0 Å². The Bertz CT molecular complexity index is 546. The van der Waals surface area contributed by atoms with Gasteiger partial charge < -0.3 is 28.8 Å². The molecule has 1 aliphatic heterocycles. The third kappa shape index (κ3) is 5.96. The van der Waals surface area contributed by atoms with Gasteiger partial charge in [0.2, 0.25) is 6.10 Å². The number of rotatable bonds is 5. The summed E-state index contributed by atoms with van der Waals surface area (Å²) < 4.78 is 25.0. The predicted molar refractivity (Wildman–Crippen MR) is 77.3 cm³/mol. The molecule has 11 heteroatoms. The Labute approximate surface area is 143 Å². The minimum atomic E-state index is -2.59. The molecule has 0 aromatic rings. The van der Waals surface area contributed by atoms with E-state index in [1.165, 1.54) is 0 Å². The maximum Gasteiger partial charge on any atom is 0.303 e. The second-order valence-corrected chi connectivity index (χ2v) is 5.39. The molecular weight excluding hydrogens is 342 g/mol. The number of carbonyl (C=O) groups excluding carboxylic acids is 4. The van der Waals surface area contributed by atoms with Crippen LogP contribution < -0.4 is 5.73 Å². The van der Waals surface area contributed by atoms with Crippen LogP contribution in [0.3, 0.4) is 0 Å². The van der Waals surface area contributed by atoms with Gasteiger partial charge in [-0.2, -0.15) is 0 Å². The second-order valence-electron chi connectivity index (χ2n) is 5.39. The van der Waals surface area contributed by atoms with E-state index in [0.717, 1.165) is 27.7 Å². The molecule has 5 atom stereocenters. The Hall–Kier alpha value is -2.24. The normalized spacial score (nSPS) is 31.6. The lowest BCUT2D eigenvalue weighted by Gasteiger charge is -2.46. The molecule has 0 aromatic carbocycles. The molecule has 1 heterocycles. The van der Waals surface area contributed by atoms with Gasteiger partial charge in [0.1, 0.15) is 12.7 Å². The molecule has 0 amide bonds. The average Bonchev–Trinajstić information content (AvgIpc) is 2.42. The molecule has 25 heavy (non-hydrogen) atoms. The first-order chi connectivity index (χ1) is 11.4. The van der Waals surface area contributed by atoms with Gasteiger partial charge in [-0.3, -0.25) is 24.9 Å². The summed E-state index contributed by atoms with van der Waals surface area (Å²) in [7, 11) is 0. The van der Waals surface area contributed by atoms with E-state index in [-0.39, 0.29) is 0 Å². The minimum absolute atomic E-state index is 0.461. The van der Waals surface area contributed by atoms with Crippen molar-refractivity contribution in [3.63, 3.8) is 0 Å². The molecule has 1 saturated heterocycles. The molecule has 142 valence electrons. The summed E-state index contributed by atoms with van der Waals surface area (Å²) in [6.45, 7) is 3.84. The first kappa shape index (κ1) is 20.8. The smallest absolute Gasteiger partial charge is 0.303 e. The van der Waals surface area contributed by atoms with Gasteiger partial charge >= 0.3 is 23.9 Å². The van der Waals surface area contributed by atoms with Crippen LogP contribution in [-0.4, -0.2) is 65.9 Å². The second kappa shape index (κ2) is 8.23.